The van der Waals surface area contributed by atoms with Gasteiger partial charge in [0, 0.05) is 12.8 Å². The standard InChI is InChI=1S/C22H33N3O3/c1-3-4-5-6-7-11-14-19(22(23)28)25-21(27)16-15-20(26)24-17(2)18-12-9-8-10-13-18/h3,8-10,12-13,17,19H,1,4-7,11,14-16H2,2H3,(H2,23,28)(H,24,26)(H,25,27)/t17-,19-/m1/s1. The van der Waals surface area contributed by atoms with E-state index in [1.54, 1.807) is 0 Å². The van der Waals surface area contributed by atoms with Crippen LogP contribution in [0.4, 0.5) is 0 Å². The molecule has 3 amide bonds. The topological polar surface area (TPSA) is 101 Å². The average molecular weight is 388 g/mol. The minimum atomic E-state index is -0.682. The third-order valence-corrected chi connectivity index (χ3v) is 4.59. The number of nitrogens with two attached hydrogens (primary N) is 1. The fourth-order valence-corrected chi connectivity index (χ4v) is 2.91. The van der Waals surface area contributed by atoms with Crippen molar-refractivity contribution in [1.82, 2.24) is 10.6 Å². The van der Waals surface area contributed by atoms with Crippen molar-refractivity contribution < 1.29 is 14.4 Å². The lowest BCUT2D eigenvalue weighted by atomic mass is 10.1. The number of carbonyl (C=O) groups is 3. The number of allylic oxidation sites excluding steroid dienone is 1. The van der Waals surface area contributed by atoms with E-state index < -0.39 is 11.9 Å². The minimum absolute atomic E-state index is 0.0243. The molecule has 0 aliphatic heterocycles. The highest BCUT2D eigenvalue weighted by molar-refractivity contribution is 5.88. The first-order chi connectivity index (χ1) is 13.4. The Hall–Kier alpha value is -2.63. The van der Waals surface area contributed by atoms with Crippen molar-refractivity contribution >= 4 is 17.7 Å². The highest BCUT2D eigenvalue weighted by Gasteiger charge is 2.18. The second-order valence-electron chi connectivity index (χ2n) is 7.00. The molecular formula is C22H33N3O3. The van der Waals surface area contributed by atoms with Crippen LogP contribution in [0, 0.1) is 0 Å². The Morgan fingerprint density at radius 1 is 1.00 bits per heavy atom. The summed E-state index contributed by atoms with van der Waals surface area (Å²) >= 11 is 0. The molecule has 0 saturated carbocycles. The van der Waals surface area contributed by atoms with Crippen LogP contribution < -0.4 is 16.4 Å². The highest BCUT2D eigenvalue weighted by Crippen LogP contribution is 2.11. The van der Waals surface area contributed by atoms with E-state index in [1.165, 1.54) is 0 Å². The normalized spacial score (nSPS) is 12.6. The smallest absolute Gasteiger partial charge is 0.239 e. The van der Waals surface area contributed by atoms with Crippen LogP contribution in [0.5, 0.6) is 0 Å². The molecule has 6 heteroatoms. The summed E-state index contributed by atoms with van der Waals surface area (Å²) in [6.45, 7) is 5.58. The minimum Gasteiger partial charge on any atom is -0.368 e. The van der Waals surface area contributed by atoms with E-state index >= 15 is 0 Å². The molecule has 0 unspecified atom stereocenters. The van der Waals surface area contributed by atoms with Crippen molar-refractivity contribution in [2.45, 2.75) is 70.4 Å². The Labute approximate surface area is 168 Å². The maximum Gasteiger partial charge on any atom is 0.239 e. The predicted octanol–water partition coefficient (Wildman–Crippen LogP) is 3.14. The molecule has 0 heterocycles. The van der Waals surface area contributed by atoms with Crippen LogP contribution in [0.1, 0.15) is 69.9 Å². The fourth-order valence-electron chi connectivity index (χ4n) is 2.91. The number of nitrogens with one attached hydrogen (secondary N) is 2. The Morgan fingerprint density at radius 3 is 2.21 bits per heavy atom. The molecule has 6 nitrogen and oxygen atoms in total. The number of benzene rings is 1. The van der Waals surface area contributed by atoms with Crippen molar-refractivity contribution in [3.05, 3.63) is 48.6 Å². The lowest BCUT2D eigenvalue weighted by Gasteiger charge is -2.16. The van der Waals surface area contributed by atoms with Crippen LogP contribution in [0.25, 0.3) is 0 Å². The maximum absolute atomic E-state index is 12.1. The SMILES string of the molecule is C=CCCCCCC[C@@H](NC(=O)CCC(=O)N[C@H](C)c1ccccc1)C(N)=O. The zero-order valence-electron chi connectivity index (χ0n) is 16.8. The summed E-state index contributed by atoms with van der Waals surface area (Å²) in [6.07, 6.45) is 7.43. The van der Waals surface area contributed by atoms with Crippen LogP contribution in [-0.2, 0) is 14.4 Å². The average Bonchev–Trinajstić information content (AvgIpc) is 2.68. The van der Waals surface area contributed by atoms with Gasteiger partial charge in [-0.3, -0.25) is 14.4 Å². The Balaban J connectivity index is 2.30. The molecule has 0 aliphatic carbocycles. The second kappa shape index (κ2) is 13.5. The van der Waals surface area contributed by atoms with E-state index in [4.69, 9.17) is 5.73 Å². The Kier molecular flexibility index (Phi) is 11.3. The van der Waals surface area contributed by atoms with Crippen LogP contribution in [-0.4, -0.2) is 23.8 Å². The quantitative estimate of drug-likeness (QED) is 0.338. The van der Waals surface area contributed by atoms with Crippen LogP contribution >= 0.6 is 0 Å². The van der Waals surface area contributed by atoms with Crippen molar-refractivity contribution in [1.29, 1.82) is 0 Å². The van der Waals surface area contributed by atoms with Gasteiger partial charge in [0.2, 0.25) is 17.7 Å². The molecule has 28 heavy (non-hydrogen) atoms. The van der Waals surface area contributed by atoms with E-state index in [0.29, 0.717) is 6.42 Å². The third-order valence-electron chi connectivity index (χ3n) is 4.59. The summed E-state index contributed by atoms with van der Waals surface area (Å²) in [5.74, 6) is -1.08. The largest absolute Gasteiger partial charge is 0.368 e. The van der Waals surface area contributed by atoms with Gasteiger partial charge in [-0.2, -0.15) is 0 Å². The number of rotatable bonds is 14. The van der Waals surface area contributed by atoms with Gasteiger partial charge in [-0.25, -0.2) is 0 Å². The van der Waals surface area contributed by atoms with Crippen LogP contribution in [0.3, 0.4) is 0 Å². The van der Waals surface area contributed by atoms with Gasteiger partial charge in [0.15, 0.2) is 0 Å². The van der Waals surface area contributed by atoms with Gasteiger partial charge in [0.1, 0.15) is 6.04 Å². The molecule has 154 valence electrons. The maximum atomic E-state index is 12.1. The van der Waals surface area contributed by atoms with Gasteiger partial charge in [-0.15, -0.1) is 6.58 Å². The van der Waals surface area contributed by atoms with E-state index in [1.807, 2.05) is 43.3 Å². The predicted molar refractivity (Wildman–Crippen MR) is 111 cm³/mol. The Morgan fingerprint density at radius 2 is 1.61 bits per heavy atom. The first kappa shape index (κ1) is 23.4. The van der Waals surface area contributed by atoms with E-state index in [-0.39, 0.29) is 30.7 Å². The van der Waals surface area contributed by atoms with Gasteiger partial charge in [0.05, 0.1) is 6.04 Å². The zero-order chi connectivity index (χ0) is 20.8. The molecule has 1 rings (SSSR count). The zero-order valence-corrected chi connectivity index (χ0v) is 16.8. The summed E-state index contributed by atoms with van der Waals surface area (Å²) in [7, 11) is 0. The fraction of sp³-hybridized carbons (Fsp3) is 0.500. The van der Waals surface area contributed by atoms with Crippen molar-refractivity contribution in [3.8, 4) is 0 Å². The van der Waals surface area contributed by atoms with Gasteiger partial charge in [-0.05, 0) is 31.7 Å². The number of carbonyl (C=O) groups excluding carboxylic acids is 3. The third kappa shape index (κ3) is 9.90. The van der Waals surface area contributed by atoms with E-state index in [0.717, 1.165) is 37.7 Å². The van der Waals surface area contributed by atoms with E-state index in [9.17, 15) is 14.4 Å². The van der Waals surface area contributed by atoms with Gasteiger partial charge >= 0.3 is 0 Å². The molecule has 1 aromatic carbocycles. The molecular weight excluding hydrogens is 354 g/mol. The van der Waals surface area contributed by atoms with Crippen LogP contribution in [0.15, 0.2) is 43.0 Å². The molecule has 0 radical (unpaired) electrons. The molecule has 4 N–H and O–H groups in total. The molecule has 2 atom stereocenters. The van der Waals surface area contributed by atoms with Gasteiger partial charge in [-0.1, -0.05) is 55.7 Å². The number of amides is 3. The summed E-state index contributed by atoms with van der Waals surface area (Å²) in [5, 5.41) is 5.52. The molecule has 1 aromatic rings. The van der Waals surface area contributed by atoms with E-state index in [2.05, 4.69) is 17.2 Å². The van der Waals surface area contributed by atoms with Gasteiger partial charge < -0.3 is 16.4 Å². The summed E-state index contributed by atoms with van der Waals surface area (Å²) in [6, 6.07) is 8.80. The molecule has 0 bridgehead atoms. The lowest BCUT2D eigenvalue weighted by molar-refractivity contribution is -0.129. The van der Waals surface area contributed by atoms with Crippen LogP contribution in [0.2, 0.25) is 0 Å². The lowest BCUT2D eigenvalue weighted by Crippen LogP contribution is -2.44. The van der Waals surface area contributed by atoms with Crippen molar-refractivity contribution in [2.75, 3.05) is 0 Å². The first-order valence-electron chi connectivity index (χ1n) is 9.98. The Bertz CT molecular complexity index is 631. The molecule has 0 saturated heterocycles. The number of unbranched alkanes of at least 4 members (excludes halogenated alkanes) is 4. The summed E-state index contributed by atoms with van der Waals surface area (Å²) in [5.41, 5.74) is 6.39. The summed E-state index contributed by atoms with van der Waals surface area (Å²) < 4.78 is 0. The van der Waals surface area contributed by atoms with Crippen molar-refractivity contribution in [3.63, 3.8) is 0 Å². The molecule has 0 aromatic heterocycles. The highest BCUT2D eigenvalue weighted by atomic mass is 16.2. The summed E-state index contributed by atoms with van der Waals surface area (Å²) in [4.78, 5) is 35.7. The molecule has 0 spiro atoms. The van der Waals surface area contributed by atoms with Gasteiger partial charge in [0.25, 0.3) is 0 Å². The molecule has 0 aliphatic rings. The second-order valence-corrected chi connectivity index (χ2v) is 7.00. The van der Waals surface area contributed by atoms with Crippen molar-refractivity contribution in [2.24, 2.45) is 5.73 Å². The first-order valence-corrected chi connectivity index (χ1v) is 9.98. The number of hydrogen-bond donors (Lipinski definition) is 3. The monoisotopic (exact) mass is 387 g/mol. The number of primary amides is 1. The molecule has 0 fully saturated rings. The number of hydrogen-bond acceptors (Lipinski definition) is 3.